The third kappa shape index (κ3) is 2.76. The molecule has 0 fully saturated rings. The molecule has 2 rings (SSSR count). The largest absolute Gasteiger partial charge is 0.313 e. The molecule has 1 aromatic heterocycles. The summed E-state index contributed by atoms with van der Waals surface area (Å²) in [6.45, 7) is 2.83. The minimum atomic E-state index is -0.366. The lowest BCUT2D eigenvalue weighted by molar-refractivity contribution is -0.385. The van der Waals surface area contributed by atoms with Crippen molar-refractivity contribution in [2.75, 3.05) is 7.05 Å². The highest BCUT2D eigenvalue weighted by Crippen LogP contribution is 2.21. The van der Waals surface area contributed by atoms with Crippen LogP contribution < -0.4 is 5.32 Å². The molecule has 0 radical (unpaired) electrons. The number of nitrogens with one attached hydrogen (secondary N) is 1. The Hall–Kier alpha value is -2.28. The third-order valence-electron chi connectivity index (χ3n) is 2.96. The van der Waals surface area contributed by atoms with Crippen molar-refractivity contribution in [2.45, 2.75) is 20.0 Å². The maximum Gasteiger partial charge on any atom is 0.272 e. The minimum Gasteiger partial charge on any atom is -0.313 e. The van der Waals surface area contributed by atoms with Crippen molar-refractivity contribution in [3.8, 4) is 0 Å². The summed E-state index contributed by atoms with van der Waals surface area (Å²) in [5, 5.41) is 18.1. The number of hydrogen-bond acceptors (Lipinski definition) is 5. The number of rotatable bonds is 5. The van der Waals surface area contributed by atoms with E-state index in [2.05, 4.69) is 15.4 Å². The number of nitro groups is 1. The van der Waals surface area contributed by atoms with Gasteiger partial charge in [0.05, 0.1) is 18.0 Å². The number of nitro benzene ring substituents is 1. The molecule has 0 saturated carbocycles. The first kappa shape index (κ1) is 13.2. The third-order valence-corrected chi connectivity index (χ3v) is 2.96. The van der Waals surface area contributed by atoms with Crippen LogP contribution in [0.25, 0.3) is 0 Å². The first-order valence-corrected chi connectivity index (χ1v) is 5.87. The first-order valence-electron chi connectivity index (χ1n) is 5.87. The Morgan fingerprint density at radius 3 is 2.95 bits per heavy atom. The molecule has 2 aromatic rings. The summed E-state index contributed by atoms with van der Waals surface area (Å²) in [4.78, 5) is 14.7. The fraction of sp³-hybridized carbons (Fsp3) is 0.333. The molecule has 0 unspecified atom stereocenters. The van der Waals surface area contributed by atoms with Gasteiger partial charge in [-0.05, 0) is 19.5 Å². The molecule has 1 N–H and O–H groups in total. The highest BCUT2D eigenvalue weighted by molar-refractivity contribution is 5.44. The molecule has 0 aliphatic rings. The van der Waals surface area contributed by atoms with Gasteiger partial charge in [-0.25, -0.2) is 9.67 Å². The molecule has 0 bridgehead atoms. The van der Waals surface area contributed by atoms with E-state index in [1.165, 1.54) is 12.4 Å². The SMILES string of the molecule is CNCc1ncnn1Cc1cccc([N+](=O)[O-])c1C. The first-order chi connectivity index (χ1) is 9.13. The van der Waals surface area contributed by atoms with Crippen LogP contribution in [-0.2, 0) is 13.1 Å². The summed E-state index contributed by atoms with van der Waals surface area (Å²) < 4.78 is 1.74. The second-order valence-corrected chi connectivity index (χ2v) is 4.18. The molecule has 0 atom stereocenters. The minimum absolute atomic E-state index is 0.132. The van der Waals surface area contributed by atoms with E-state index in [0.29, 0.717) is 18.7 Å². The predicted octanol–water partition coefficient (Wildman–Crippen LogP) is 1.26. The van der Waals surface area contributed by atoms with Gasteiger partial charge < -0.3 is 5.32 Å². The van der Waals surface area contributed by atoms with Crippen LogP contribution >= 0.6 is 0 Å². The Morgan fingerprint density at radius 1 is 1.47 bits per heavy atom. The number of benzene rings is 1. The second kappa shape index (κ2) is 5.57. The number of hydrogen-bond donors (Lipinski definition) is 1. The maximum absolute atomic E-state index is 10.9. The molecule has 19 heavy (non-hydrogen) atoms. The second-order valence-electron chi connectivity index (χ2n) is 4.18. The maximum atomic E-state index is 10.9. The molecular weight excluding hydrogens is 246 g/mol. The number of aromatic nitrogens is 3. The Labute approximate surface area is 110 Å². The summed E-state index contributed by atoms with van der Waals surface area (Å²) in [6.07, 6.45) is 1.49. The fourth-order valence-corrected chi connectivity index (χ4v) is 1.92. The van der Waals surface area contributed by atoms with E-state index in [9.17, 15) is 10.1 Å². The number of nitrogens with zero attached hydrogens (tertiary/aromatic N) is 4. The zero-order valence-corrected chi connectivity index (χ0v) is 10.8. The van der Waals surface area contributed by atoms with Crippen molar-refractivity contribution < 1.29 is 4.92 Å². The smallest absolute Gasteiger partial charge is 0.272 e. The molecule has 1 heterocycles. The zero-order chi connectivity index (χ0) is 13.8. The van der Waals surface area contributed by atoms with Gasteiger partial charge in [0.25, 0.3) is 5.69 Å². The molecule has 100 valence electrons. The zero-order valence-electron chi connectivity index (χ0n) is 10.8. The van der Waals surface area contributed by atoms with E-state index in [0.717, 1.165) is 11.4 Å². The Morgan fingerprint density at radius 2 is 2.26 bits per heavy atom. The monoisotopic (exact) mass is 261 g/mol. The van der Waals surface area contributed by atoms with Crippen molar-refractivity contribution in [3.05, 3.63) is 51.6 Å². The highest BCUT2D eigenvalue weighted by Gasteiger charge is 2.14. The average molecular weight is 261 g/mol. The van der Waals surface area contributed by atoms with Crippen molar-refractivity contribution in [3.63, 3.8) is 0 Å². The Bertz CT molecular complexity index is 594. The van der Waals surface area contributed by atoms with Crippen molar-refractivity contribution in [2.24, 2.45) is 0 Å². The van der Waals surface area contributed by atoms with Crippen LogP contribution in [0, 0.1) is 17.0 Å². The van der Waals surface area contributed by atoms with Gasteiger partial charge in [-0.1, -0.05) is 12.1 Å². The highest BCUT2D eigenvalue weighted by atomic mass is 16.6. The van der Waals surface area contributed by atoms with E-state index in [1.807, 2.05) is 13.1 Å². The Kier molecular flexibility index (Phi) is 3.86. The summed E-state index contributed by atoms with van der Waals surface area (Å²) in [5.74, 6) is 0.799. The van der Waals surface area contributed by atoms with Crippen LogP contribution in [-0.4, -0.2) is 26.7 Å². The van der Waals surface area contributed by atoms with Crippen LogP contribution in [0.4, 0.5) is 5.69 Å². The van der Waals surface area contributed by atoms with Crippen LogP contribution in [0.3, 0.4) is 0 Å². The molecule has 7 heteroatoms. The lowest BCUT2D eigenvalue weighted by Gasteiger charge is -2.08. The molecule has 0 aliphatic carbocycles. The molecule has 0 spiro atoms. The predicted molar refractivity (Wildman–Crippen MR) is 69.7 cm³/mol. The van der Waals surface area contributed by atoms with E-state index < -0.39 is 0 Å². The van der Waals surface area contributed by atoms with Gasteiger partial charge in [0, 0.05) is 11.6 Å². The van der Waals surface area contributed by atoms with Crippen LogP contribution in [0.1, 0.15) is 17.0 Å². The summed E-state index contributed by atoms with van der Waals surface area (Å²) >= 11 is 0. The lowest BCUT2D eigenvalue weighted by atomic mass is 10.1. The van der Waals surface area contributed by atoms with Crippen LogP contribution in [0.2, 0.25) is 0 Å². The molecule has 0 amide bonds. The summed E-state index contributed by atoms with van der Waals surface area (Å²) in [7, 11) is 1.83. The van der Waals surface area contributed by atoms with E-state index in [4.69, 9.17) is 0 Å². The van der Waals surface area contributed by atoms with Crippen LogP contribution in [0.15, 0.2) is 24.5 Å². The van der Waals surface area contributed by atoms with Crippen molar-refractivity contribution in [1.82, 2.24) is 20.1 Å². The molecule has 7 nitrogen and oxygen atoms in total. The Balaban J connectivity index is 2.31. The van der Waals surface area contributed by atoms with Gasteiger partial charge in [0.15, 0.2) is 0 Å². The normalized spacial score (nSPS) is 10.6. The summed E-state index contributed by atoms with van der Waals surface area (Å²) in [5.41, 5.74) is 1.67. The van der Waals surface area contributed by atoms with Gasteiger partial charge in [-0.2, -0.15) is 5.10 Å². The van der Waals surface area contributed by atoms with Crippen molar-refractivity contribution in [1.29, 1.82) is 0 Å². The van der Waals surface area contributed by atoms with Gasteiger partial charge in [-0.3, -0.25) is 10.1 Å². The van der Waals surface area contributed by atoms with E-state index in [-0.39, 0.29) is 10.6 Å². The van der Waals surface area contributed by atoms with E-state index in [1.54, 1.807) is 17.7 Å². The standard InChI is InChI=1S/C12H15N5O2/c1-9-10(4-3-5-11(9)17(18)19)7-16-12(6-13-2)14-8-15-16/h3-5,8,13H,6-7H2,1-2H3. The van der Waals surface area contributed by atoms with E-state index >= 15 is 0 Å². The van der Waals surface area contributed by atoms with Gasteiger partial charge in [0.1, 0.15) is 12.2 Å². The fourth-order valence-electron chi connectivity index (χ4n) is 1.92. The lowest BCUT2D eigenvalue weighted by Crippen LogP contribution is -2.14. The molecule has 0 aliphatic heterocycles. The molecule has 1 aromatic carbocycles. The van der Waals surface area contributed by atoms with Crippen LogP contribution in [0.5, 0.6) is 0 Å². The summed E-state index contributed by atoms with van der Waals surface area (Å²) in [6, 6.07) is 5.07. The average Bonchev–Trinajstić information content (AvgIpc) is 2.79. The quantitative estimate of drug-likeness (QED) is 0.647. The van der Waals surface area contributed by atoms with Gasteiger partial charge in [0.2, 0.25) is 0 Å². The van der Waals surface area contributed by atoms with Gasteiger partial charge >= 0.3 is 0 Å². The van der Waals surface area contributed by atoms with Gasteiger partial charge in [-0.15, -0.1) is 0 Å². The topological polar surface area (TPSA) is 85.9 Å². The van der Waals surface area contributed by atoms with Crippen molar-refractivity contribution >= 4 is 5.69 Å². The molecule has 0 saturated heterocycles. The molecular formula is C12H15N5O2.